The number of urea groups is 1. The Morgan fingerprint density at radius 3 is 2.87 bits per heavy atom. The number of anilines is 1. The number of nitrogens with zero attached hydrogens (tertiary/aromatic N) is 2. The molecule has 0 saturated carbocycles. The van der Waals surface area contributed by atoms with Gasteiger partial charge in [-0.25, -0.2) is 9.78 Å². The number of imidazole rings is 1. The van der Waals surface area contributed by atoms with Gasteiger partial charge in [0.25, 0.3) is 0 Å². The SMILES string of the molecule is Cc1cccc(-n2ccnc2SCC(=O)NC(=O)Nc2ccc3c(c2)OCO3)c1C. The maximum atomic E-state index is 12.2. The van der Waals surface area contributed by atoms with Gasteiger partial charge in [-0.15, -0.1) is 0 Å². The number of rotatable bonds is 5. The van der Waals surface area contributed by atoms with E-state index in [2.05, 4.69) is 28.6 Å². The molecule has 0 fully saturated rings. The summed E-state index contributed by atoms with van der Waals surface area (Å²) in [6, 6.07) is 10.4. The Morgan fingerprint density at radius 1 is 1.17 bits per heavy atom. The molecule has 9 heteroatoms. The van der Waals surface area contributed by atoms with Gasteiger partial charge in [0.1, 0.15) is 0 Å². The van der Waals surface area contributed by atoms with Crippen molar-refractivity contribution in [2.75, 3.05) is 17.9 Å². The van der Waals surface area contributed by atoms with Crippen LogP contribution in [0.1, 0.15) is 11.1 Å². The molecule has 0 spiro atoms. The number of nitrogens with one attached hydrogen (secondary N) is 2. The molecular weight excluding hydrogens is 404 g/mol. The molecule has 0 saturated heterocycles. The fourth-order valence-electron chi connectivity index (χ4n) is 3.01. The molecule has 2 N–H and O–H groups in total. The zero-order valence-electron chi connectivity index (χ0n) is 16.5. The van der Waals surface area contributed by atoms with Crippen LogP contribution in [0.2, 0.25) is 0 Å². The van der Waals surface area contributed by atoms with Gasteiger partial charge in [-0.3, -0.25) is 14.7 Å². The number of carbonyl (C=O) groups excluding carboxylic acids is 2. The molecule has 0 bridgehead atoms. The van der Waals surface area contributed by atoms with Crippen LogP contribution < -0.4 is 20.1 Å². The van der Waals surface area contributed by atoms with Crippen LogP contribution in [-0.4, -0.2) is 34.0 Å². The number of imide groups is 1. The smallest absolute Gasteiger partial charge is 0.325 e. The van der Waals surface area contributed by atoms with Crippen LogP contribution in [0, 0.1) is 13.8 Å². The van der Waals surface area contributed by atoms with E-state index in [1.54, 1.807) is 24.4 Å². The summed E-state index contributed by atoms with van der Waals surface area (Å²) in [5.41, 5.74) is 3.83. The van der Waals surface area contributed by atoms with Gasteiger partial charge >= 0.3 is 6.03 Å². The third-order valence-corrected chi connectivity index (χ3v) is 5.62. The minimum atomic E-state index is -0.614. The lowest BCUT2D eigenvalue weighted by Crippen LogP contribution is -2.35. The first-order valence-electron chi connectivity index (χ1n) is 9.24. The average molecular weight is 424 g/mol. The summed E-state index contributed by atoms with van der Waals surface area (Å²) in [6.45, 7) is 4.25. The van der Waals surface area contributed by atoms with Crippen molar-refractivity contribution in [1.29, 1.82) is 0 Å². The van der Waals surface area contributed by atoms with Crippen LogP contribution >= 0.6 is 11.8 Å². The summed E-state index contributed by atoms with van der Waals surface area (Å²) in [5.74, 6) is 0.797. The highest BCUT2D eigenvalue weighted by Crippen LogP contribution is 2.34. The van der Waals surface area contributed by atoms with E-state index in [9.17, 15) is 9.59 Å². The van der Waals surface area contributed by atoms with Gasteiger partial charge in [0.15, 0.2) is 16.7 Å². The van der Waals surface area contributed by atoms with Crippen molar-refractivity contribution in [2.45, 2.75) is 19.0 Å². The molecule has 3 amide bonds. The highest BCUT2D eigenvalue weighted by atomic mass is 32.2. The molecule has 4 rings (SSSR count). The summed E-state index contributed by atoms with van der Waals surface area (Å²) >= 11 is 1.26. The average Bonchev–Trinajstić information content (AvgIpc) is 3.37. The van der Waals surface area contributed by atoms with Crippen molar-refractivity contribution in [2.24, 2.45) is 0 Å². The second kappa shape index (κ2) is 8.50. The minimum Gasteiger partial charge on any atom is -0.454 e. The lowest BCUT2D eigenvalue weighted by Gasteiger charge is -2.12. The molecule has 0 atom stereocenters. The van der Waals surface area contributed by atoms with Crippen LogP contribution in [0.3, 0.4) is 0 Å². The number of thioether (sulfide) groups is 1. The number of hydrogen-bond donors (Lipinski definition) is 2. The minimum absolute atomic E-state index is 0.0520. The molecule has 30 heavy (non-hydrogen) atoms. The van der Waals surface area contributed by atoms with E-state index in [4.69, 9.17) is 9.47 Å². The third-order valence-electron chi connectivity index (χ3n) is 4.66. The maximum absolute atomic E-state index is 12.2. The summed E-state index contributed by atoms with van der Waals surface area (Å²) < 4.78 is 12.4. The highest BCUT2D eigenvalue weighted by molar-refractivity contribution is 7.99. The molecular formula is C21H20N4O4S. The summed E-state index contributed by atoms with van der Waals surface area (Å²) in [7, 11) is 0. The largest absolute Gasteiger partial charge is 0.454 e. The quantitative estimate of drug-likeness (QED) is 0.607. The van der Waals surface area contributed by atoms with Gasteiger partial charge in [-0.05, 0) is 43.2 Å². The van der Waals surface area contributed by atoms with E-state index in [1.165, 1.54) is 17.3 Å². The number of amides is 3. The molecule has 8 nitrogen and oxygen atoms in total. The first-order valence-corrected chi connectivity index (χ1v) is 10.2. The Labute approximate surface area is 177 Å². The Balaban J connectivity index is 1.34. The first-order chi connectivity index (χ1) is 14.5. The second-order valence-corrected chi connectivity index (χ2v) is 7.60. The van der Waals surface area contributed by atoms with Gasteiger partial charge in [0.2, 0.25) is 12.7 Å². The Bertz CT molecular complexity index is 1110. The van der Waals surface area contributed by atoms with E-state index >= 15 is 0 Å². The van der Waals surface area contributed by atoms with Gasteiger partial charge < -0.3 is 14.8 Å². The Kier molecular flexibility index (Phi) is 5.62. The van der Waals surface area contributed by atoms with E-state index in [0.717, 1.165) is 11.3 Å². The van der Waals surface area contributed by atoms with Gasteiger partial charge in [0.05, 0.1) is 11.4 Å². The number of benzene rings is 2. The second-order valence-electron chi connectivity index (χ2n) is 6.66. The molecule has 2 heterocycles. The van der Waals surface area contributed by atoms with Crippen molar-refractivity contribution >= 4 is 29.4 Å². The Morgan fingerprint density at radius 2 is 2.00 bits per heavy atom. The summed E-state index contributed by atoms with van der Waals surface area (Å²) in [4.78, 5) is 28.7. The van der Waals surface area contributed by atoms with E-state index in [0.29, 0.717) is 22.3 Å². The summed E-state index contributed by atoms with van der Waals surface area (Å²) in [6.07, 6.45) is 3.54. The first kappa shape index (κ1) is 19.8. The van der Waals surface area contributed by atoms with E-state index < -0.39 is 11.9 Å². The molecule has 0 unspecified atom stereocenters. The fraction of sp³-hybridized carbons (Fsp3) is 0.190. The monoisotopic (exact) mass is 424 g/mol. The molecule has 1 aliphatic heterocycles. The number of ether oxygens (including phenoxy) is 2. The number of fused-ring (bicyclic) bond motifs is 1. The number of aryl methyl sites for hydroxylation is 1. The van der Waals surface area contributed by atoms with Crippen molar-refractivity contribution in [3.8, 4) is 17.2 Å². The molecule has 154 valence electrons. The van der Waals surface area contributed by atoms with E-state index in [1.807, 2.05) is 29.8 Å². The molecule has 0 radical (unpaired) electrons. The molecule has 1 aromatic heterocycles. The van der Waals surface area contributed by atoms with Gasteiger partial charge in [-0.2, -0.15) is 0 Å². The lowest BCUT2D eigenvalue weighted by molar-refractivity contribution is -0.117. The molecule has 2 aromatic carbocycles. The summed E-state index contributed by atoms with van der Waals surface area (Å²) in [5, 5.41) is 5.61. The number of aromatic nitrogens is 2. The van der Waals surface area contributed by atoms with E-state index in [-0.39, 0.29) is 12.5 Å². The topological polar surface area (TPSA) is 94.5 Å². The molecule has 3 aromatic rings. The third kappa shape index (κ3) is 4.25. The molecule has 0 aliphatic carbocycles. The predicted molar refractivity (Wildman–Crippen MR) is 113 cm³/mol. The van der Waals surface area contributed by atoms with Gasteiger partial charge in [0, 0.05) is 24.1 Å². The zero-order chi connectivity index (χ0) is 21.1. The van der Waals surface area contributed by atoms with Crippen molar-refractivity contribution in [3.05, 3.63) is 59.9 Å². The number of carbonyl (C=O) groups is 2. The standard InChI is InChI=1S/C21H20N4O4S/c1-13-4-3-5-16(14(13)2)25-9-8-22-21(25)30-11-19(26)24-20(27)23-15-6-7-17-18(10-15)29-12-28-17/h3-10H,11-12H2,1-2H3,(H2,23,24,26,27). The Hall–Kier alpha value is -3.46. The van der Waals surface area contributed by atoms with Crippen LogP contribution in [0.4, 0.5) is 10.5 Å². The highest BCUT2D eigenvalue weighted by Gasteiger charge is 2.16. The lowest BCUT2D eigenvalue weighted by atomic mass is 10.1. The van der Waals surface area contributed by atoms with Crippen molar-refractivity contribution in [1.82, 2.24) is 14.9 Å². The fourth-order valence-corrected chi connectivity index (χ4v) is 3.77. The van der Waals surface area contributed by atoms with Crippen LogP contribution in [0.25, 0.3) is 5.69 Å². The predicted octanol–water partition coefficient (Wildman–Crippen LogP) is 3.66. The normalized spacial score (nSPS) is 11.9. The van der Waals surface area contributed by atoms with Crippen molar-refractivity contribution < 1.29 is 19.1 Å². The van der Waals surface area contributed by atoms with Gasteiger partial charge in [-0.1, -0.05) is 23.9 Å². The molecule has 1 aliphatic rings. The van der Waals surface area contributed by atoms with Crippen LogP contribution in [-0.2, 0) is 4.79 Å². The van der Waals surface area contributed by atoms with Crippen LogP contribution in [0.15, 0.2) is 53.9 Å². The van der Waals surface area contributed by atoms with Crippen LogP contribution in [0.5, 0.6) is 11.5 Å². The van der Waals surface area contributed by atoms with Crippen molar-refractivity contribution in [3.63, 3.8) is 0 Å². The zero-order valence-corrected chi connectivity index (χ0v) is 17.3. The number of hydrogen-bond acceptors (Lipinski definition) is 6. The maximum Gasteiger partial charge on any atom is 0.325 e.